The van der Waals surface area contributed by atoms with E-state index in [-0.39, 0.29) is 5.56 Å². The predicted octanol–water partition coefficient (Wildman–Crippen LogP) is 3.07. The molecule has 1 aromatic heterocycles. The molecule has 0 saturated heterocycles. The van der Waals surface area contributed by atoms with Crippen LogP contribution in [0.25, 0.3) is 44.3 Å². The molecule has 0 spiro atoms. The van der Waals surface area contributed by atoms with Crippen LogP contribution in [0.15, 0.2) is 48.5 Å². The minimum Gasteiger partial charge on any atom is -0.478 e. The standard InChI is InChI=1S/C19H11N3O4S/c23-19(24)10-4-5-14-15(7-10)21-17-12-3-1-2-9-6-11(22-27(25)26)8-13(16(9)12)18(17)20-14/h1-8,27H,(H,23,24)(H,22,25,26). The third kappa shape index (κ3) is 2.34. The van der Waals surface area contributed by atoms with Gasteiger partial charge in [-0.3, -0.25) is 4.72 Å². The molecule has 0 radical (unpaired) electrons. The van der Waals surface area contributed by atoms with E-state index in [1.54, 1.807) is 18.2 Å². The quantitative estimate of drug-likeness (QED) is 0.417. The lowest BCUT2D eigenvalue weighted by molar-refractivity contribution is 0.0697. The SMILES string of the molecule is O=C(O)c1ccc2nc3c(nc2c1)-c1cccc2cc(N[SH](=O)=O)cc-3c12. The Morgan fingerprint density at radius 2 is 1.70 bits per heavy atom. The molecule has 5 rings (SSSR count). The topological polar surface area (TPSA) is 109 Å². The molecule has 7 nitrogen and oxygen atoms in total. The van der Waals surface area contributed by atoms with Crippen LogP contribution in [-0.2, 0) is 10.9 Å². The van der Waals surface area contributed by atoms with Crippen LogP contribution >= 0.6 is 0 Å². The lowest BCUT2D eigenvalue weighted by atomic mass is 10.0. The molecule has 0 bridgehead atoms. The minimum atomic E-state index is -2.78. The van der Waals surface area contributed by atoms with E-state index in [4.69, 9.17) is 0 Å². The Morgan fingerprint density at radius 3 is 2.48 bits per heavy atom. The molecule has 0 aliphatic heterocycles. The molecule has 0 atom stereocenters. The predicted molar refractivity (Wildman–Crippen MR) is 102 cm³/mol. The molecule has 3 aromatic carbocycles. The highest BCUT2D eigenvalue weighted by Gasteiger charge is 2.25. The average Bonchev–Trinajstić information content (AvgIpc) is 2.94. The van der Waals surface area contributed by atoms with E-state index in [0.717, 1.165) is 21.9 Å². The van der Waals surface area contributed by atoms with Gasteiger partial charge in [-0.2, -0.15) is 0 Å². The van der Waals surface area contributed by atoms with Gasteiger partial charge in [-0.1, -0.05) is 18.2 Å². The molecular formula is C19H11N3O4S. The van der Waals surface area contributed by atoms with Crippen molar-refractivity contribution in [1.29, 1.82) is 0 Å². The summed E-state index contributed by atoms with van der Waals surface area (Å²) in [5, 5.41) is 11.0. The molecular weight excluding hydrogens is 366 g/mol. The first-order valence-electron chi connectivity index (χ1n) is 8.05. The van der Waals surface area contributed by atoms with E-state index in [1.165, 1.54) is 12.1 Å². The van der Waals surface area contributed by atoms with Crippen molar-refractivity contribution in [3.05, 3.63) is 54.1 Å². The fourth-order valence-corrected chi connectivity index (χ4v) is 3.88. The number of nitrogens with one attached hydrogen (secondary N) is 1. The van der Waals surface area contributed by atoms with E-state index in [0.29, 0.717) is 28.1 Å². The summed E-state index contributed by atoms with van der Waals surface area (Å²) in [6.07, 6.45) is 0. The summed E-state index contributed by atoms with van der Waals surface area (Å²) in [5.74, 6) is -1.02. The lowest BCUT2D eigenvalue weighted by Gasteiger charge is -2.06. The van der Waals surface area contributed by atoms with Gasteiger partial charge in [0.25, 0.3) is 0 Å². The second-order valence-corrected chi connectivity index (χ2v) is 6.96. The number of hydrogen-bond donors (Lipinski definition) is 3. The van der Waals surface area contributed by atoms with Gasteiger partial charge >= 0.3 is 5.97 Å². The lowest BCUT2D eigenvalue weighted by Crippen LogP contribution is -1.98. The Hall–Kier alpha value is -3.52. The molecule has 1 aliphatic carbocycles. The van der Waals surface area contributed by atoms with Gasteiger partial charge in [-0.25, -0.2) is 23.2 Å². The highest BCUT2D eigenvalue weighted by Crippen LogP contribution is 2.46. The Morgan fingerprint density at radius 1 is 0.926 bits per heavy atom. The monoisotopic (exact) mass is 377 g/mol. The second-order valence-electron chi connectivity index (χ2n) is 6.23. The van der Waals surface area contributed by atoms with Crippen molar-refractivity contribution in [2.24, 2.45) is 0 Å². The number of nitrogens with zero attached hydrogens (tertiary/aromatic N) is 2. The molecule has 1 heterocycles. The van der Waals surface area contributed by atoms with Gasteiger partial charge in [-0.05, 0) is 35.7 Å². The zero-order chi connectivity index (χ0) is 18.7. The molecule has 2 N–H and O–H groups in total. The molecule has 27 heavy (non-hydrogen) atoms. The third-order valence-electron chi connectivity index (χ3n) is 4.62. The number of hydrogen-bond acceptors (Lipinski definition) is 5. The zero-order valence-corrected chi connectivity index (χ0v) is 14.5. The number of thiol groups is 1. The Kier molecular flexibility index (Phi) is 3.19. The molecule has 8 heteroatoms. The number of rotatable bonds is 3. The van der Waals surface area contributed by atoms with Crippen molar-refractivity contribution in [2.75, 3.05) is 4.72 Å². The number of carboxylic acid groups (broad SMARTS) is 1. The van der Waals surface area contributed by atoms with E-state index in [1.807, 2.05) is 18.2 Å². The number of carbonyl (C=O) groups is 1. The van der Waals surface area contributed by atoms with Crippen LogP contribution in [0.4, 0.5) is 5.69 Å². The third-order valence-corrected chi connectivity index (χ3v) is 5.06. The van der Waals surface area contributed by atoms with Crippen molar-refractivity contribution in [1.82, 2.24) is 9.97 Å². The minimum absolute atomic E-state index is 0.149. The van der Waals surface area contributed by atoms with Gasteiger partial charge in [0.15, 0.2) is 0 Å². The summed E-state index contributed by atoms with van der Waals surface area (Å²) < 4.78 is 24.6. The summed E-state index contributed by atoms with van der Waals surface area (Å²) in [6.45, 7) is 0. The van der Waals surface area contributed by atoms with E-state index in [9.17, 15) is 18.3 Å². The number of aromatic carboxylic acids is 1. The fraction of sp³-hybridized carbons (Fsp3) is 0. The van der Waals surface area contributed by atoms with Crippen LogP contribution in [0.2, 0.25) is 0 Å². The molecule has 0 unspecified atom stereocenters. The number of anilines is 1. The summed E-state index contributed by atoms with van der Waals surface area (Å²) in [7, 11) is -2.78. The number of carboxylic acids is 1. The van der Waals surface area contributed by atoms with Crippen LogP contribution in [0.1, 0.15) is 10.4 Å². The largest absolute Gasteiger partial charge is 0.478 e. The first kappa shape index (κ1) is 15.7. The van der Waals surface area contributed by atoms with Crippen molar-refractivity contribution in [2.45, 2.75) is 0 Å². The van der Waals surface area contributed by atoms with Gasteiger partial charge in [0.2, 0.25) is 10.9 Å². The van der Waals surface area contributed by atoms with Crippen LogP contribution in [0.5, 0.6) is 0 Å². The summed E-state index contributed by atoms with van der Waals surface area (Å²) in [6, 6.07) is 13.8. The highest BCUT2D eigenvalue weighted by atomic mass is 32.2. The van der Waals surface area contributed by atoms with Crippen LogP contribution in [0.3, 0.4) is 0 Å². The molecule has 0 amide bonds. The first-order valence-corrected chi connectivity index (χ1v) is 9.23. The van der Waals surface area contributed by atoms with E-state index in [2.05, 4.69) is 14.7 Å². The van der Waals surface area contributed by atoms with Crippen molar-refractivity contribution < 1.29 is 18.3 Å². The average molecular weight is 377 g/mol. The Bertz CT molecular complexity index is 1370. The number of fused-ring (bicyclic) bond motifs is 4. The van der Waals surface area contributed by atoms with Crippen LogP contribution < -0.4 is 4.72 Å². The first-order chi connectivity index (χ1) is 13.0. The molecule has 132 valence electrons. The van der Waals surface area contributed by atoms with Gasteiger partial charge in [-0.15, -0.1) is 0 Å². The van der Waals surface area contributed by atoms with Gasteiger partial charge in [0.05, 0.1) is 28.0 Å². The maximum atomic E-state index is 11.2. The van der Waals surface area contributed by atoms with Gasteiger partial charge in [0.1, 0.15) is 0 Å². The van der Waals surface area contributed by atoms with Crippen molar-refractivity contribution in [3.8, 4) is 22.5 Å². The maximum Gasteiger partial charge on any atom is 0.335 e. The fourth-order valence-electron chi connectivity index (χ4n) is 3.54. The Balaban J connectivity index is 1.83. The second kappa shape index (κ2) is 5.49. The zero-order valence-electron chi connectivity index (χ0n) is 13.6. The molecule has 0 fully saturated rings. The smallest absolute Gasteiger partial charge is 0.335 e. The summed E-state index contributed by atoms with van der Waals surface area (Å²) in [4.78, 5) is 20.6. The maximum absolute atomic E-state index is 11.2. The summed E-state index contributed by atoms with van der Waals surface area (Å²) >= 11 is 0. The highest BCUT2D eigenvalue weighted by molar-refractivity contribution is 7.73. The van der Waals surface area contributed by atoms with E-state index < -0.39 is 16.9 Å². The Labute approximate surface area is 154 Å². The van der Waals surface area contributed by atoms with Gasteiger partial charge in [0, 0.05) is 22.2 Å². The number of aromatic nitrogens is 2. The number of benzene rings is 3. The van der Waals surface area contributed by atoms with Crippen molar-refractivity contribution >= 4 is 44.4 Å². The van der Waals surface area contributed by atoms with Crippen LogP contribution in [-0.4, -0.2) is 29.5 Å². The molecule has 0 saturated carbocycles. The van der Waals surface area contributed by atoms with E-state index >= 15 is 0 Å². The molecule has 1 aliphatic rings. The van der Waals surface area contributed by atoms with Crippen molar-refractivity contribution in [3.63, 3.8) is 0 Å². The normalized spacial score (nSPS) is 11.9. The molecule has 4 aromatic rings. The summed E-state index contributed by atoms with van der Waals surface area (Å²) in [5.41, 5.74) is 4.70. The van der Waals surface area contributed by atoms with Crippen LogP contribution in [0, 0.1) is 0 Å². The van der Waals surface area contributed by atoms with Gasteiger partial charge < -0.3 is 5.11 Å².